The highest BCUT2D eigenvalue weighted by molar-refractivity contribution is 5.80. The Morgan fingerprint density at radius 1 is 1.43 bits per heavy atom. The predicted molar refractivity (Wildman–Crippen MR) is 84.2 cm³/mol. The number of hydrogen-bond donors (Lipinski definition) is 2. The van der Waals surface area contributed by atoms with Gasteiger partial charge in [0.2, 0.25) is 0 Å². The van der Waals surface area contributed by atoms with Gasteiger partial charge in [-0.1, -0.05) is 20.3 Å². The third-order valence-electron chi connectivity index (χ3n) is 3.30. The first-order chi connectivity index (χ1) is 10.1. The van der Waals surface area contributed by atoms with E-state index in [4.69, 9.17) is 10.5 Å². The molecule has 0 radical (unpaired) electrons. The van der Waals surface area contributed by atoms with Crippen molar-refractivity contribution in [3.8, 4) is 5.75 Å². The van der Waals surface area contributed by atoms with E-state index in [1.165, 1.54) is 0 Å². The van der Waals surface area contributed by atoms with Crippen LogP contribution in [0.25, 0.3) is 0 Å². The highest BCUT2D eigenvalue weighted by Gasteiger charge is 2.14. The lowest BCUT2D eigenvalue weighted by molar-refractivity contribution is -0.127. The summed E-state index contributed by atoms with van der Waals surface area (Å²) in [6.45, 7) is 6.57. The number of nitrogens with one attached hydrogen (secondary N) is 1. The van der Waals surface area contributed by atoms with Crippen LogP contribution in [-0.2, 0) is 11.2 Å². The summed E-state index contributed by atoms with van der Waals surface area (Å²) in [6.07, 6.45) is 4.84. The topological polar surface area (TPSA) is 77.2 Å². The fourth-order valence-electron chi connectivity index (χ4n) is 1.80. The maximum absolute atomic E-state index is 11.8. The van der Waals surface area contributed by atoms with Gasteiger partial charge in [0.25, 0.3) is 5.91 Å². The van der Waals surface area contributed by atoms with Gasteiger partial charge in [-0.25, -0.2) is 0 Å². The molecular formula is C16H27N3O2. The maximum Gasteiger partial charge on any atom is 0.260 e. The van der Waals surface area contributed by atoms with Gasteiger partial charge >= 0.3 is 0 Å². The van der Waals surface area contributed by atoms with Crippen LogP contribution in [0.1, 0.15) is 45.7 Å². The average molecular weight is 293 g/mol. The van der Waals surface area contributed by atoms with E-state index < -0.39 is 6.10 Å². The molecule has 118 valence electrons. The third-order valence-corrected chi connectivity index (χ3v) is 3.30. The van der Waals surface area contributed by atoms with Crippen molar-refractivity contribution >= 4 is 5.91 Å². The Balaban J connectivity index is 2.45. The minimum atomic E-state index is -0.521. The van der Waals surface area contributed by atoms with E-state index in [1.54, 1.807) is 13.1 Å². The first-order valence-electron chi connectivity index (χ1n) is 7.71. The molecule has 0 aromatic carbocycles. The van der Waals surface area contributed by atoms with E-state index in [2.05, 4.69) is 24.1 Å². The van der Waals surface area contributed by atoms with Crippen LogP contribution in [0.3, 0.4) is 0 Å². The molecule has 1 aromatic rings. The number of nitrogens with zero attached hydrogens (tertiary/aromatic N) is 1. The van der Waals surface area contributed by atoms with Gasteiger partial charge in [-0.3, -0.25) is 9.78 Å². The molecular weight excluding hydrogens is 266 g/mol. The summed E-state index contributed by atoms with van der Waals surface area (Å²) < 4.78 is 5.59. The molecule has 0 aliphatic carbocycles. The van der Waals surface area contributed by atoms with Gasteiger partial charge in [0.15, 0.2) is 6.10 Å². The zero-order valence-corrected chi connectivity index (χ0v) is 13.3. The van der Waals surface area contributed by atoms with Crippen molar-refractivity contribution in [1.82, 2.24) is 10.3 Å². The second kappa shape index (κ2) is 9.34. The van der Waals surface area contributed by atoms with Crippen LogP contribution in [0.15, 0.2) is 18.3 Å². The number of pyridine rings is 1. The van der Waals surface area contributed by atoms with Crippen molar-refractivity contribution < 1.29 is 9.53 Å². The maximum atomic E-state index is 11.8. The molecule has 1 heterocycles. The number of aromatic nitrogens is 1. The number of carbonyl (C=O) groups is 1. The van der Waals surface area contributed by atoms with Gasteiger partial charge in [-0.15, -0.1) is 0 Å². The Morgan fingerprint density at radius 2 is 2.19 bits per heavy atom. The second-order valence-corrected chi connectivity index (χ2v) is 5.26. The van der Waals surface area contributed by atoms with Crippen LogP contribution in [0, 0.1) is 0 Å². The number of carbonyl (C=O) groups excluding carboxylic acids is 1. The van der Waals surface area contributed by atoms with Crippen molar-refractivity contribution in [2.75, 3.05) is 6.54 Å². The van der Waals surface area contributed by atoms with Gasteiger partial charge in [-0.05, 0) is 31.9 Å². The number of nitrogens with two attached hydrogens (primary N) is 1. The highest BCUT2D eigenvalue weighted by atomic mass is 16.5. The van der Waals surface area contributed by atoms with Crippen molar-refractivity contribution in [2.45, 2.75) is 58.6 Å². The molecule has 5 heteroatoms. The molecule has 3 N–H and O–H groups in total. The highest BCUT2D eigenvalue weighted by Crippen LogP contribution is 2.12. The molecule has 1 aromatic heterocycles. The van der Waals surface area contributed by atoms with E-state index >= 15 is 0 Å². The lowest BCUT2D eigenvalue weighted by Crippen LogP contribution is -2.36. The van der Waals surface area contributed by atoms with Crippen LogP contribution in [-0.4, -0.2) is 29.6 Å². The van der Waals surface area contributed by atoms with Crippen LogP contribution in [0.5, 0.6) is 5.75 Å². The normalized spacial score (nSPS) is 13.5. The van der Waals surface area contributed by atoms with Crippen molar-refractivity contribution in [1.29, 1.82) is 0 Å². The smallest absolute Gasteiger partial charge is 0.260 e. The Bertz CT molecular complexity index is 420. The number of unbranched alkanes of at least 4 members (excludes halogenated alkanes) is 1. The predicted octanol–water partition coefficient (Wildman–Crippen LogP) is 2.04. The van der Waals surface area contributed by atoms with Crippen molar-refractivity contribution in [3.63, 3.8) is 0 Å². The number of hydrogen-bond acceptors (Lipinski definition) is 4. The Kier molecular flexibility index (Phi) is 7.75. The summed E-state index contributed by atoms with van der Waals surface area (Å²) in [5.74, 6) is 0.502. The molecule has 1 amide bonds. The summed E-state index contributed by atoms with van der Waals surface area (Å²) >= 11 is 0. The van der Waals surface area contributed by atoms with Gasteiger partial charge in [0, 0.05) is 24.7 Å². The number of amides is 1. The molecule has 0 fully saturated rings. The van der Waals surface area contributed by atoms with Crippen molar-refractivity contribution in [2.24, 2.45) is 5.73 Å². The first-order valence-corrected chi connectivity index (χ1v) is 7.71. The van der Waals surface area contributed by atoms with E-state index in [1.807, 2.05) is 12.1 Å². The molecule has 0 aliphatic rings. The lowest BCUT2D eigenvalue weighted by atomic mass is 10.1. The summed E-state index contributed by atoms with van der Waals surface area (Å²) in [6, 6.07) is 3.86. The van der Waals surface area contributed by atoms with Crippen LogP contribution in [0.2, 0.25) is 0 Å². The summed E-state index contributed by atoms with van der Waals surface area (Å²) in [4.78, 5) is 16.1. The monoisotopic (exact) mass is 293 g/mol. The van der Waals surface area contributed by atoms with Crippen LogP contribution in [0.4, 0.5) is 0 Å². The molecule has 21 heavy (non-hydrogen) atoms. The number of ether oxygens (including phenoxy) is 1. The zero-order valence-electron chi connectivity index (χ0n) is 13.3. The number of rotatable bonds is 9. The van der Waals surface area contributed by atoms with Gasteiger partial charge in [0.1, 0.15) is 5.75 Å². The van der Waals surface area contributed by atoms with Crippen molar-refractivity contribution in [3.05, 3.63) is 24.0 Å². The zero-order chi connectivity index (χ0) is 15.7. The van der Waals surface area contributed by atoms with Gasteiger partial charge in [-0.2, -0.15) is 0 Å². The summed E-state index contributed by atoms with van der Waals surface area (Å²) in [5, 5.41) is 2.85. The molecule has 0 saturated heterocycles. The van der Waals surface area contributed by atoms with Crippen LogP contribution < -0.4 is 15.8 Å². The molecule has 1 rings (SSSR count). The van der Waals surface area contributed by atoms with E-state index in [0.29, 0.717) is 12.3 Å². The van der Waals surface area contributed by atoms with E-state index in [-0.39, 0.29) is 11.9 Å². The Hall–Kier alpha value is -1.62. The lowest BCUT2D eigenvalue weighted by Gasteiger charge is -2.15. The summed E-state index contributed by atoms with van der Waals surface area (Å²) in [7, 11) is 0. The summed E-state index contributed by atoms with van der Waals surface area (Å²) in [5.41, 5.74) is 6.84. The molecule has 0 saturated carbocycles. The van der Waals surface area contributed by atoms with Gasteiger partial charge < -0.3 is 15.8 Å². The first kappa shape index (κ1) is 17.4. The molecule has 0 spiro atoms. The fraction of sp³-hybridized carbons (Fsp3) is 0.625. The minimum Gasteiger partial charge on any atom is -0.479 e. The van der Waals surface area contributed by atoms with E-state index in [0.717, 1.165) is 31.4 Å². The fourth-order valence-corrected chi connectivity index (χ4v) is 1.80. The molecule has 0 aliphatic heterocycles. The minimum absolute atomic E-state index is 0.0967. The largest absolute Gasteiger partial charge is 0.479 e. The van der Waals surface area contributed by atoms with Gasteiger partial charge in [0.05, 0.1) is 6.20 Å². The molecule has 5 nitrogen and oxygen atoms in total. The third kappa shape index (κ3) is 6.58. The standard InChI is InChI=1S/C16H27N3O2/c1-4-6-9-18-16(20)12(3)21-15-8-7-14(19-11-15)10-13(17)5-2/h7-8,11-13H,4-6,9-10,17H2,1-3H3,(H,18,20). The second-order valence-electron chi connectivity index (χ2n) is 5.26. The Labute approximate surface area is 127 Å². The molecule has 2 atom stereocenters. The molecule has 0 bridgehead atoms. The van der Waals surface area contributed by atoms with E-state index in [9.17, 15) is 4.79 Å². The Morgan fingerprint density at radius 3 is 2.76 bits per heavy atom. The molecule has 2 unspecified atom stereocenters. The quantitative estimate of drug-likeness (QED) is 0.683. The van der Waals surface area contributed by atoms with Crippen LogP contribution >= 0.6 is 0 Å². The average Bonchev–Trinajstić information content (AvgIpc) is 2.49. The SMILES string of the molecule is CCCCNC(=O)C(C)Oc1ccc(CC(N)CC)nc1.